The summed E-state index contributed by atoms with van der Waals surface area (Å²) in [5.41, 5.74) is 0. The van der Waals surface area contributed by atoms with Gasteiger partial charge in [0.25, 0.3) is 0 Å². The lowest BCUT2D eigenvalue weighted by Crippen LogP contribution is -2.29. The number of sulfonamides is 1. The molecule has 0 fully saturated rings. The van der Waals surface area contributed by atoms with Crippen molar-refractivity contribution in [3.05, 3.63) is 28.5 Å². The fourth-order valence-corrected chi connectivity index (χ4v) is 2.43. The van der Waals surface area contributed by atoms with Gasteiger partial charge in [0.15, 0.2) is 0 Å². The number of benzene rings is 1. The summed E-state index contributed by atoms with van der Waals surface area (Å²) in [6.45, 7) is -2.25. The number of alkyl halides is 3. The summed E-state index contributed by atoms with van der Waals surface area (Å²) in [5, 5.41) is 0. The lowest BCUT2D eigenvalue weighted by Gasteiger charge is -2.09. The summed E-state index contributed by atoms with van der Waals surface area (Å²) in [6.07, 6.45) is -4.46. The first-order valence-electron chi connectivity index (χ1n) is 5.21. The molecule has 114 valence electrons. The number of hydrogen-bond acceptors (Lipinski definition) is 3. The molecule has 0 heterocycles. The van der Waals surface area contributed by atoms with E-state index in [0.717, 1.165) is 12.1 Å². The third-order valence-electron chi connectivity index (χ3n) is 2.01. The molecule has 0 atom stereocenters. The third kappa shape index (κ3) is 5.73. The predicted molar refractivity (Wildman–Crippen MR) is 66.2 cm³/mol. The van der Waals surface area contributed by atoms with Crippen LogP contribution in [0.1, 0.15) is 0 Å². The summed E-state index contributed by atoms with van der Waals surface area (Å²) in [4.78, 5) is -0.325. The van der Waals surface area contributed by atoms with Crippen molar-refractivity contribution in [2.24, 2.45) is 0 Å². The molecular weight excluding hydrogens is 370 g/mol. The maximum Gasteiger partial charge on any atom is 0.411 e. The third-order valence-corrected chi connectivity index (χ3v) is 4.11. The maximum absolute atomic E-state index is 13.2. The molecule has 0 amide bonds. The van der Waals surface area contributed by atoms with Gasteiger partial charge < -0.3 is 4.74 Å². The Balaban J connectivity index is 2.52. The molecule has 0 saturated heterocycles. The van der Waals surface area contributed by atoms with Crippen LogP contribution in [-0.4, -0.2) is 34.4 Å². The minimum absolute atomic E-state index is 0.102. The van der Waals surface area contributed by atoms with E-state index < -0.39 is 35.2 Å². The van der Waals surface area contributed by atoms with Gasteiger partial charge in [-0.25, -0.2) is 17.5 Å². The molecular formula is C10H10BrF4NO3S. The quantitative estimate of drug-likeness (QED) is 0.610. The predicted octanol–water partition coefficient (Wildman–Crippen LogP) is 2.45. The standard InChI is InChI=1S/C10H10BrF4NO3S/c11-8-2-1-7(5-9(8)12)20(17,18)16-3-4-19-6-10(13,14)15/h1-2,5,16H,3-4,6H2. The van der Waals surface area contributed by atoms with Gasteiger partial charge >= 0.3 is 6.18 Å². The van der Waals surface area contributed by atoms with Crippen LogP contribution in [0.4, 0.5) is 17.6 Å². The van der Waals surface area contributed by atoms with E-state index in [1.807, 2.05) is 4.72 Å². The van der Waals surface area contributed by atoms with Gasteiger partial charge in [0, 0.05) is 6.54 Å². The summed E-state index contributed by atoms with van der Waals surface area (Å²) < 4.78 is 78.2. The van der Waals surface area contributed by atoms with Crippen LogP contribution in [-0.2, 0) is 14.8 Å². The van der Waals surface area contributed by atoms with Crippen molar-refractivity contribution in [3.63, 3.8) is 0 Å². The van der Waals surface area contributed by atoms with Gasteiger partial charge in [-0.2, -0.15) is 13.2 Å². The van der Waals surface area contributed by atoms with Gasteiger partial charge in [0.2, 0.25) is 10.0 Å². The average molecular weight is 380 g/mol. The summed E-state index contributed by atoms with van der Waals surface area (Å²) in [6, 6.07) is 3.17. The first kappa shape index (κ1) is 17.3. The maximum atomic E-state index is 13.2. The smallest absolute Gasteiger partial charge is 0.371 e. The van der Waals surface area contributed by atoms with Crippen molar-refractivity contribution in [1.29, 1.82) is 0 Å². The Bertz CT molecular complexity index is 562. The summed E-state index contributed by atoms with van der Waals surface area (Å²) in [5.74, 6) is -0.763. The largest absolute Gasteiger partial charge is 0.411 e. The van der Waals surface area contributed by atoms with E-state index in [1.165, 1.54) is 6.07 Å². The topological polar surface area (TPSA) is 55.4 Å². The molecule has 10 heteroatoms. The second kappa shape index (κ2) is 6.83. The summed E-state index contributed by atoms with van der Waals surface area (Å²) in [7, 11) is -3.99. The minimum atomic E-state index is -4.46. The molecule has 1 aromatic rings. The normalized spacial score (nSPS) is 12.7. The average Bonchev–Trinajstić information content (AvgIpc) is 2.30. The Morgan fingerprint density at radius 3 is 2.50 bits per heavy atom. The zero-order valence-electron chi connectivity index (χ0n) is 9.88. The van der Waals surface area contributed by atoms with E-state index in [4.69, 9.17) is 0 Å². The molecule has 0 aromatic heterocycles. The number of ether oxygens (including phenoxy) is 1. The molecule has 1 aromatic carbocycles. The van der Waals surface area contributed by atoms with Gasteiger partial charge in [0.1, 0.15) is 12.4 Å². The van der Waals surface area contributed by atoms with Gasteiger partial charge in [-0.15, -0.1) is 0 Å². The fourth-order valence-electron chi connectivity index (χ4n) is 1.16. The van der Waals surface area contributed by atoms with Crippen molar-refractivity contribution in [1.82, 2.24) is 4.72 Å². The SMILES string of the molecule is O=S(=O)(NCCOCC(F)(F)F)c1ccc(Br)c(F)c1. The van der Waals surface area contributed by atoms with Crippen LogP contribution < -0.4 is 4.72 Å². The highest BCUT2D eigenvalue weighted by atomic mass is 79.9. The highest BCUT2D eigenvalue weighted by Crippen LogP contribution is 2.19. The fraction of sp³-hybridized carbons (Fsp3) is 0.400. The number of nitrogens with one attached hydrogen (secondary N) is 1. The molecule has 0 bridgehead atoms. The molecule has 0 aliphatic rings. The van der Waals surface area contributed by atoms with Crippen molar-refractivity contribution < 1.29 is 30.7 Å². The Hall–Kier alpha value is -0.710. The Labute approximate surface area is 121 Å². The highest BCUT2D eigenvalue weighted by molar-refractivity contribution is 9.10. The van der Waals surface area contributed by atoms with E-state index in [0.29, 0.717) is 0 Å². The minimum Gasteiger partial charge on any atom is -0.371 e. The van der Waals surface area contributed by atoms with Crippen molar-refractivity contribution in [3.8, 4) is 0 Å². The van der Waals surface area contributed by atoms with Crippen LogP contribution in [0.2, 0.25) is 0 Å². The Morgan fingerprint density at radius 1 is 1.30 bits per heavy atom. The highest BCUT2D eigenvalue weighted by Gasteiger charge is 2.27. The first-order chi connectivity index (χ1) is 9.12. The zero-order chi connectivity index (χ0) is 15.4. The molecule has 0 aliphatic heterocycles. The number of halogens is 5. The van der Waals surface area contributed by atoms with E-state index in [9.17, 15) is 26.0 Å². The number of rotatable bonds is 6. The molecule has 1 N–H and O–H groups in total. The lowest BCUT2D eigenvalue weighted by molar-refractivity contribution is -0.173. The molecule has 0 unspecified atom stereocenters. The van der Waals surface area contributed by atoms with Gasteiger partial charge in [-0.3, -0.25) is 0 Å². The Morgan fingerprint density at radius 2 is 1.95 bits per heavy atom. The van der Waals surface area contributed by atoms with Crippen molar-refractivity contribution in [2.75, 3.05) is 19.8 Å². The molecule has 0 aliphatic carbocycles. The van der Waals surface area contributed by atoms with Crippen LogP contribution in [0.3, 0.4) is 0 Å². The molecule has 0 radical (unpaired) electrons. The van der Waals surface area contributed by atoms with E-state index >= 15 is 0 Å². The van der Waals surface area contributed by atoms with Crippen LogP contribution >= 0.6 is 15.9 Å². The van der Waals surface area contributed by atoms with Crippen molar-refractivity contribution in [2.45, 2.75) is 11.1 Å². The van der Waals surface area contributed by atoms with E-state index in [2.05, 4.69) is 20.7 Å². The van der Waals surface area contributed by atoms with Crippen LogP contribution in [0, 0.1) is 5.82 Å². The van der Waals surface area contributed by atoms with Crippen LogP contribution in [0.15, 0.2) is 27.6 Å². The van der Waals surface area contributed by atoms with E-state index in [1.54, 1.807) is 0 Å². The van der Waals surface area contributed by atoms with Crippen molar-refractivity contribution >= 4 is 26.0 Å². The van der Waals surface area contributed by atoms with Gasteiger partial charge in [-0.05, 0) is 34.1 Å². The molecule has 0 saturated carbocycles. The van der Waals surface area contributed by atoms with E-state index in [-0.39, 0.29) is 15.9 Å². The second-order valence-electron chi connectivity index (χ2n) is 3.64. The monoisotopic (exact) mass is 379 g/mol. The van der Waals surface area contributed by atoms with Crippen LogP contribution in [0.25, 0.3) is 0 Å². The Kier molecular flexibility index (Phi) is 5.92. The summed E-state index contributed by atoms with van der Waals surface area (Å²) >= 11 is 2.87. The molecule has 1 rings (SSSR count). The second-order valence-corrected chi connectivity index (χ2v) is 6.26. The molecule has 0 spiro atoms. The molecule has 4 nitrogen and oxygen atoms in total. The van der Waals surface area contributed by atoms with Gasteiger partial charge in [-0.1, -0.05) is 0 Å². The molecule has 20 heavy (non-hydrogen) atoms. The van der Waals surface area contributed by atoms with Gasteiger partial charge in [0.05, 0.1) is 16.0 Å². The van der Waals surface area contributed by atoms with Crippen LogP contribution in [0.5, 0.6) is 0 Å². The zero-order valence-corrected chi connectivity index (χ0v) is 12.3. The first-order valence-corrected chi connectivity index (χ1v) is 7.49. The number of hydrogen-bond donors (Lipinski definition) is 1. The lowest BCUT2D eigenvalue weighted by atomic mass is 10.3.